The topological polar surface area (TPSA) is 48.5 Å². The SMILES string of the molecule is CCN(CC)c1ncc(CNC2CCN(C(C)=O)CC2)s1. The molecule has 1 aliphatic rings. The minimum atomic E-state index is 0.194. The summed E-state index contributed by atoms with van der Waals surface area (Å²) < 4.78 is 0. The minimum absolute atomic E-state index is 0.194. The van der Waals surface area contributed by atoms with Crippen molar-refractivity contribution < 1.29 is 4.79 Å². The number of aromatic nitrogens is 1. The summed E-state index contributed by atoms with van der Waals surface area (Å²) in [7, 11) is 0. The van der Waals surface area contributed by atoms with Gasteiger partial charge in [-0.3, -0.25) is 4.79 Å². The van der Waals surface area contributed by atoms with E-state index in [0.717, 1.165) is 50.7 Å². The smallest absolute Gasteiger partial charge is 0.219 e. The fourth-order valence-electron chi connectivity index (χ4n) is 2.66. The van der Waals surface area contributed by atoms with Gasteiger partial charge in [-0.25, -0.2) is 4.98 Å². The van der Waals surface area contributed by atoms with Crippen molar-refractivity contribution in [1.82, 2.24) is 15.2 Å². The van der Waals surface area contributed by atoms with Crippen LogP contribution in [0.25, 0.3) is 0 Å². The van der Waals surface area contributed by atoms with Crippen molar-refractivity contribution in [2.24, 2.45) is 0 Å². The van der Waals surface area contributed by atoms with Gasteiger partial charge < -0.3 is 15.1 Å². The molecule has 0 radical (unpaired) electrons. The number of nitrogens with zero attached hydrogens (tertiary/aromatic N) is 3. The third-order valence-corrected chi connectivity index (χ3v) is 5.14. The van der Waals surface area contributed by atoms with E-state index in [4.69, 9.17) is 0 Å². The van der Waals surface area contributed by atoms with Gasteiger partial charge in [-0.05, 0) is 26.7 Å². The van der Waals surface area contributed by atoms with Gasteiger partial charge in [0.2, 0.25) is 5.91 Å². The number of thiazole rings is 1. The van der Waals surface area contributed by atoms with E-state index in [9.17, 15) is 4.79 Å². The van der Waals surface area contributed by atoms with Crippen LogP contribution >= 0.6 is 11.3 Å². The van der Waals surface area contributed by atoms with Gasteiger partial charge in [0.15, 0.2) is 5.13 Å². The summed E-state index contributed by atoms with van der Waals surface area (Å²) in [5, 5.41) is 4.71. The Labute approximate surface area is 131 Å². The Morgan fingerprint density at radius 2 is 2.10 bits per heavy atom. The molecule has 0 bridgehead atoms. The molecule has 0 aromatic carbocycles. The molecular weight excluding hydrogens is 284 g/mol. The summed E-state index contributed by atoms with van der Waals surface area (Å²) in [5.74, 6) is 0.194. The zero-order valence-corrected chi connectivity index (χ0v) is 14.1. The molecule has 118 valence electrons. The number of hydrogen-bond donors (Lipinski definition) is 1. The zero-order chi connectivity index (χ0) is 15.2. The predicted octanol–water partition coefficient (Wildman–Crippen LogP) is 2.09. The molecule has 1 amide bonds. The Bertz CT molecular complexity index is 450. The van der Waals surface area contributed by atoms with Crippen molar-refractivity contribution in [2.45, 2.75) is 46.2 Å². The fourth-order valence-corrected chi connectivity index (χ4v) is 3.65. The van der Waals surface area contributed by atoms with Crippen LogP contribution in [0.5, 0.6) is 0 Å². The van der Waals surface area contributed by atoms with Crippen molar-refractivity contribution in [1.29, 1.82) is 0 Å². The number of anilines is 1. The largest absolute Gasteiger partial charge is 0.349 e. The molecule has 0 spiro atoms. The van der Waals surface area contributed by atoms with Crippen LogP contribution in [0.1, 0.15) is 38.5 Å². The van der Waals surface area contributed by atoms with Gasteiger partial charge in [0.1, 0.15) is 0 Å². The van der Waals surface area contributed by atoms with Crippen molar-refractivity contribution in [2.75, 3.05) is 31.1 Å². The summed E-state index contributed by atoms with van der Waals surface area (Å²) in [5.41, 5.74) is 0. The van der Waals surface area contributed by atoms with Gasteiger partial charge in [0.05, 0.1) is 0 Å². The molecule has 5 nitrogen and oxygen atoms in total. The van der Waals surface area contributed by atoms with Crippen LogP contribution < -0.4 is 10.2 Å². The zero-order valence-electron chi connectivity index (χ0n) is 13.3. The molecule has 21 heavy (non-hydrogen) atoms. The Balaban J connectivity index is 1.78. The Morgan fingerprint density at radius 3 is 2.67 bits per heavy atom. The maximum Gasteiger partial charge on any atom is 0.219 e. The van der Waals surface area contributed by atoms with Gasteiger partial charge in [-0.15, -0.1) is 11.3 Å². The fraction of sp³-hybridized carbons (Fsp3) is 0.733. The molecule has 1 aromatic heterocycles. The van der Waals surface area contributed by atoms with Crippen LogP contribution in [0, 0.1) is 0 Å². The van der Waals surface area contributed by atoms with E-state index >= 15 is 0 Å². The number of amides is 1. The van der Waals surface area contributed by atoms with Crippen LogP contribution in [0.2, 0.25) is 0 Å². The molecule has 1 aromatic rings. The molecule has 1 saturated heterocycles. The number of nitrogens with one attached hydrogen (secondary N) is 1. The van der Waals surface area contributed by atoms with E-state index < -0.39 is 0 Å². The standard InChI is InChI=1S/C15H26N4OS/c1-4-18(5-2)15-17-11-14(21-15)10-16-13-6-8-19(9-7-13)12(3)20/h11,13,16H,4-10H2,1-3H3. The number of piperidine rings is 1. The van der Waals surface area contributed by atoms with Gasteiger partial charge >= 0.3 is 0 Å². The van der Waals surface area contributed by atoms with Crippen LogP contribution in [-0.2, 0) is 11.3 Å². The lowest BCUT2D eigenvalue weighted by atomic mass is 10.1. The number of rotatable bonds is 6. The lowest BCUT2D eigenvalue weighted by Gasteiger charge is -2.31. The average Bonchev–Trinajstić information content (AvgIpc) is 2.96. The van der Waals surface area contributed by atoms with Crippen molar-refractivity contribution in [3.05, 3.63) is 11.1 Å². The van der Waals surface area contributed by atoms with E-state index in [2.05, 4.69) is 29.0 Å². The van der Waals surface area contributed by atoms with Gasteiger partial charge in [-0.1, -0.05) is 0 Å². The van der Waals surface area contributed by atoms with E-state index in [-0.39, 0.29) is 5.91 Å². The second kappa shape index (κ2) is 7.75. The number of hydrogen-bond acceptors (Lipinski definition) is 5. The normalized spacial score (nSPS) is 16.2. The third-order valence-electron chi connectivity index (χ3n) is 4.08. The average molecular weight is 310 g/mol. The first-order chi connectivity index (χ1) is 10.1. The summed E-state index contributed by atoms with van der Waals surface area (Å²) in [4.78, 5) is 21.3. The summed E-state index contributed by atoms with van der Waals surface area (Å²) >= 11 is 1.77. The first-order valence-electron chi connectivity index (χ1n) is 7.82. The predicted molar refractivity (Wildman–Crippen MR) is 87.8 cm³/mol. The highest BCUT2D eigenvalue weighted by molar-refractivity contribution is 7.15. The number of carbonyl (C=O) groups excluding carboxylic acids is 1. The maximum atomic E-state index is 11.3. The molecule has 0 unspecified atom stereocenters. The highest BCUT2D eigenvalue weighted by Crippen LogP contribution is 2.22. The monoisotopic (exact) mass is 310 g/mol. The first kappa shape index (κ1) is 16.2. The lowest BCUT2D eigenvalue weighted by Crippen LogP contribution is -2.43. The van der Waals surface area contributed by atoms with Gasteiger partial charge in [-0.2, -0.15) is 0 Å². The second-order valence-electron chi connectivity index (χ2n) is 5.44. The Kier molecular flexibility index (Phi) is 5.99. The lowest BCUT2D eigenvalue weighted by molar-refractivity contribution is -0.129. The van der Waals surface area contributed by atoms with Gasteiger partial charge in [0, 0.05) is 56.8 Å². The van der Waals surface area contributed by atoms with Crippen LogP contribution in [-0.4, -0.2) is 48.0 Å². The van der Waals surface area contributed by atoms with Crippen LogP contribution in [0.3, 0.4) is 0 Å². The van der Waals surface area contributed by atoms with Crippen molar-refractivity contribution >= 4 is 22.4 Å². The Morgan fingerprint density at radius 1 is 1.43 bits per heavy atom. The van der Waals surface area contributed by atoms with E-state index in [1.165, 1.54) is 4.88 Å². The van der Waals surface area contributed by atoms with Crippen LogP contribution in [0.15, 0.2) is 6.20 Å². The van der Waals surface area contributed by atoms with Gasteiger partial charge in [0.25, 0.3) is 0 Å². The van der Waals surface area contributed by atoms with E-state index in [0.29, 0.717) is 6.04 Å². The second-order valence-corrected chi connectivity index (χ2v) is 6.54. The number of likely N-dealkylation sites (tertiary alicyclic amines) is 1. The molecule has 1 fully saturated rings. The molecule has 1 aliphatic heterocycles. The molecule has 0 aliphatic carbocycles. The highest BCUT2D eigenvalue weighted by atomic mass is 32.1. The van der Waals surface area contributed by atoms with E-state index in [1.54, 1.807) is 18.3 Å². The van der Waals surface area contributed by atoms with Crippen LogP contribution in [0.4, 0.5) is 5.13 Å². The third kappa shape index (κ3) is 4.41. The minimum Gasteiger partial charge on any atom is -0.349 e. The van der Waals surface area contributed by atoms with Crippen molar-refractivity contribution in [3.63, 3.8) is 0 Å². The molecule has 6 heteroatoms. The molecular formula is C15H26N4OS. The molecule has 1 N–H and O–H groups in total. The highest BCUT2D eigenvalue weighted by Gasteiger charge is 2.20. The van der Waals surface area contributed by atoms with Crippen molar-refractivity contribution in [3.8, 4) is 0 Å². The van der Waals surface area contributed by atoms with E-state index in [1.807, 2.05) is 11.1 Å². The summed E-state index contributed by atoms with van der Waals surface area (Å²) in [6.45, 7) is 10.6. The Hall–Kier alpha value is -1.14. The molecule has 2 heterocycles. The maximum absolute atomic E-state index is 11.3. The molecule has 0 saturated carbocycles. The summed E-state index contributed by atoms with van der Waals surface area (Å²) in [6, 6.07) is 0.514. The summed E-state index contributed by atoms with van der Waals surface area (Å²) in [6.07, 6.45) is 4.07. The quantitative estimate of drug-likeness (QED) is 0.874. The number of carbonyl (C=O) groups is 1. The first-order valence-corrected chi connectivity index (χ1v) is 8.64. The molecule has 2 rings (SSSR count). The molecule has 0 atom stereocenters.